The smallest absolute Gasteiger partial charge is 0.340 e. The molecule has 7 rings (SSSR count). The van der Waals surface area contributed by atoms with E-state index in [1.54, 1.807) is 45.6 Å². The molecule has 11 heteroatoms. The Morgan fingerprint density at radius 2 is 1.81 bits per heavy atom. The molecule has 6 aliphatic rings. The van der Waals surface area contributed by atoms with E-state index in [9.17, 15) is 19.8 Å². The van der Waals surface area contributed by atoms with Crippen molar-refractivity contribution in [3.05, 3.63) is 29.8 Å². The van der Waals surface area contributed by atoms with Gasteiger partial charge in [-0.25, -0.2) is 4.79 Å². The number of hydrogen-bond donors (Lipinski definition) is 3. The van der Waals surface area contributed by atoms with Crippen molar-refractivity contribution in [2.24, 2.45) is 29.1 Å². The van der Waals surface area contributed by atoms with E-state index in [2.05, 4.69) is 17.1 Å². The zero-order chi connectivity index (χ0) is 29.8. The Balaban J connectivity index is 0.00000329. The van der Waals surface area contributed by atoms with Crippen LogP contribution in [-0.2, 0) is 23.7 Å². The Morgan fingerprint density at radius 3 is 2.47 bits per heavy atom. The highest BCUT2D eigenvalue weighted by Crippen LogP contribution is 2.79. The molecule has 1 spiro atoms. The molecule has 0 aromatic heterocycles. The maximum atomic E-state index is 14.0. The van der Waals surface area contributed by atoms with Crippen molar-refractivity contribution in [2.45, 2.75) is 87.1 Å². The zero-order valence-electron chi connectivity index (χ0n) is 25.6. The molecule has 5 saturated carbocycles. The summed E-state index contributed by atoms with van der Waals surface area (Å²) in [6.45, 7) is 4.79. The van der Waals surface area contributed by atoms with Gasteiger partial charge in [0.25, 0.3) is 0 Å². The van der Waals surface area contributed by atoms with Crippen molar-refractivity contribution in [3.8, 4) is 0 Å². The average molecular weight is 666 g/mol. The average Bonchev–Trinajstić information content (AvgIpc) is 3.39. The summed E-state index contributed by atoms with van der Waals surface area (Å²) < 4.78 is 25.1. The summed E-state index contributed by atoms with van der Waals surface area (Å²) in [5.74, 6) is -1.54. The first kappa shape index (κ1) is 31.4. The van der Waals surface area contributed by atoms with Crippen LogP contribution in [0, 0.1) is 29.1 Å². The fraction of sp³-hybridized carbons (Fsp3) is 0.750. The second kappa shape index (κ2) is 10.5. The number of halogens is 1. The van der Waals surface area contributed by atoms with Crippen LogP contribution in [0.1, 0.15) is 56.3 Å². The highest BCUT2D eigenvalue weighted by Gasteiger charge is 2.89. The van der Waals surface area contributed by atoms with Crippen LogP contribution in [0.3, 0.4) is 0 Å². The number of aliphatic hydroxyl groups is 2. The number of methoxy groups -OCH3 is 3. The summed E-state index contributed by atoms with van der Waals surface area (Å²) in [5.41, 5.74) is -3.57. The predicted molar refractivity (Wildman–Crippen MR) is 162 cm³/mol. The summed E-state index contributed by atoms with van der Waals surface area (Å²) >= 11 is 0. The molecule has 5 aliphatic carbocycles. The Bertz CT molecular complexity index is 1300. The molecular formula is C32H45BrN2O8. The number of likely N-dealkylation sites (N-methyl/N-ethyl adjacent to an activating group) is 1. The predicted octanol–water partition coefficient (Wildman–Crippen LogP) is 2.80. The van der Waals surface area contributed by atoms with Crippen molar-refractivity contribution in [1.29, 1.82) is 0 Å². The lowest BCUT2D eigenvalue weighted by atomic mass is 9.44. The molecule has 7 bridgehead atoms. The van der Waals surface area contributed by atoms with E-state index >= 15 is 0 Å². The fourth-order valence-electron chi connectivity index (χ4n) is 11.6. The first-order valence-corrected chi connectivity index (χ1v) is 15.4. The Hall–Kier alpha value is -1.60. The van der Waals surface area contributed by atoms with Crippen LogP contribution in [0.2, 0.25) is 0 Å². The number of piperidine rings is 1. The summed E-state index contributed by atoms with van der Waals surface area (Å²) in [7, 11) is 5.05. The number of likely N-dealkylation sites (tertiary alicyclic amines) is 1. The highest BCUT2D eigenvalue weighted by molar-refractivity contribution is 8.93. The molecule has 1 aliphatic heterocycles. The van der Waals surface area contributed by atoms with Crippen LogP contribution in [0.15, 0.2) is 24.3 Å². The number of ether oxygens (including phenoxy) is 4. The van der Waals surface area contributed by atoms with Gasteiger partial charge in [0.1, 0.15) is 16.8 Å². The van der Waals surface area contributed by atoms with Gasteiger partial charge in [-0.05, 0) is 44.4 Å². The summed E-state index contributed by atoms with van der Waals surface area (Å²) in [6, 6.07) is 6.89. The Kier molecular flexibility index (Phi) is 7.64. The third-order valence-electron chi connectivity index (χ3n) is 12.6. The molecule has 12 atom stereocenters. The van der Waals surface area contributed by atoms with Gasteiger partial charge in [0.05, 0.1) is 29.6 Å². The van der Waals surface area contributed by atoms with Gasteiger partial charge in [-0.3, -0.25) is 9.69 Å². The number of hydrogen-bond acceptors (Lipinski definition) is 9. The van der Waals surface area contributed by atoms with E-state index in [1.165, 1.54) is 6.92 Å². The van der Waals surface area contributed by atoms with Crippen LogP contribution in [0.5, 0.6) is 0 Å². The minimum atomic E-state index is -1.48. The highest BCUT2D eigenvalue weighted by atomic mass is 79.9. The van der Waals surface area contributed by atoms with Gasteiger partial charge >= 0.3 is 5.97 Å². The van der Waals surface area contributed by atoms with Gasteiger partial charge in [-0.15, -0.1) is 17.0 Å². The van der Waals surface area contributed by atoms with E-state index in [0.29, 0.717) is 56.4 Å². The quantitative estimate of drug-likeness (QED) is 0.377. The lowest BCUT2D eigenvalue weighted by Gasteiger charge is -2.70. The van der Waals surface area contributed by atoms with Gasteiger partial charge in [0, 0.05) is 76.3 Å². The molecule has 1 aromatic carbocycles. The Morgan fingerprint density at radius 1 is 1.07 bits per heavy atom. The van der Waals surface area contributed by atoms with Crippen LogP contribution in [-0.4, -0.2) is 103 Å². The van der Waals surface area contributed by atoms with Crippen molar-refractivity contribution in [2.75, 3.05) is 39.7 Å². The largest absolute Gasteiger partial charge is 0.454 e. The molecule has 1 saturated heterocycles. The molecule has 3 N–H and O–H groups in total. The second-order valence-corrected chi connectivity index (χ2v) is 13.7. The van der Waals surface area contributed by atoms with E-state index in [0.717, 1.165) is 0 Å². The standard InChI is InChI=1S/C32H44N2O8.BrH/c1-6-34-16-29(42-28(36)18-9-7-8-10-21(18)33-17(2)35)12-11-25(40-4)31-23(29)14-20(26(31)34)30(37)15-22(39-3)19-13-24(31)32(30,38)27(19)41-5;/h7-10,19-20,22-27,37-38H,6,11-16H2,1-5H3,(H,33,35);1H/t19-,20-,22-,23+,24-,25-,26?,27-,29+,30-,31-,32-;/m0./s1. The summed E-state index contributed by atoms with van der Waals surface area (Å²) in [6.07, 6.45) is 1.91. The van der Waals surface area contributed by atoms with E-state index in [1.807, 2.05) is 0 Å². The van der Waals surface area contributed by atoms with E-state index in [4.69, 9.17) is 18.9 Å². The third kappa shape index (κ3) is 3.67. The van der Waals surface area contributed by atoms with Crippen molar-refractivity contribution in [3.63, 3.8) is 0 Å². The monoisotopic (exact) mass is 664 g/mol. The number of nitrogens with zero attached hydrogens (tertiary/aromatic N) is 1. The third-order valence-corrected chi connectivity index (χ3v) is 12.6. The normalized spacial score (nSPS) is 47.0. The Labute approximate surface area is 263 Å². The molecule has 1 amide bonds. The van der Waals surface area contributed by atoms with Crippen LogP contribution >= 0.6 is 17.0 Å². The number of benzene rings is 1. The molecule has 0 radical (unpaired) electrons. The molecule has 43 heavy (non-hydrogen) atoms. The molecule has 6 fully saturated rings. The number of para-hydroxylation sites is 1. The number of rotatable bonds is 7. The first-order valence-electron chi connectivity index (χ1n) is 15.4. The van der Waals surface area contributed by atoms with Gasteiger partial charge in [-0.1, -0.05) is 19.1 Å². The number of carbonyl (C=O) groups is 2. The lowest BCUT2D eigenvalue weighted by molar-refractivity contribution is -0.337. The maximum absolute atomic E-state index is 14.0. The SMILES string of the molecule is Br.CCN1C[C@]2(OC(=O)c3ccccc3NC(C)=O)CC[C@H](OC)[C@]34C1[C@H](C[C@H]23)[C@@]1(O)C[C@H](OC)[C@@H]2C[C@@H]4[C@]1(O)[C@H]2OC. The maximum Gasteiger partial charge on any atom is 0.340 e. The van der Waals surface area contributed by atoms with E-state index < -0.39 is 34.3 Å². The lowest BCUT2D eigenvalue weighted by Crippen LogP contribution is -2.83. The van der Waals surface area contributed by atoms with Gasteiger partial charge in [-0.2, -0.15) is 0 Å². The molecule has 1 unspecified atom stereocenters. The number of anilines is 1. The van der Waals surface area contributed by atoms with Crippen LogP contribution in [0.25, 0.3) is 0 Å². The van der Waals surface area contributed by atoms with Gasteiger partial charge in [0.2, 0.25) is 5.91 Å². The van der Waals surface area contributed by atoms with Gasteiger partial charge < -0.3 is 34.5 Å². The summed E-state index contributed by atoms with van der Waals surface area (Å²) in [4.78, 5) is 28.3. The second-order valence-electron chi connectivity index (χ2n) is 13.7. The minimum absolute atomic E-state index is 0. The number of carbonyl (C=O) groups excluding carboxylic acids is 2. The molecule has 238 valence electrons. The topological polar surface area (TPSA) is 127 Å². The van der Waals surface area contributed by atoms with E-state index in [-0.39, 0.29) is 64.8 Å². The molecule has 1 heterocycles. The van der Waals surface area contributed by atoms with Crippen molar-refractivity contribution in [1.82, 2.24) is 4.90 Å². The first-order chi connectivity index (χ1) is 20.1. The number of esters is 1. The van der Waals surface area contributed by atoms with Crippen LogP contribution in [0.4, 0.5) is 5.69 Å². The molecule has 1 aromatic rings. The number of amides is 1. The minimum Gasteiger partial charge on any atom is -0.454 e. The zero-order valence-corrected chi connectivity index (χ0v) is 27.3. The molecular weight excluding hydrogens is 620 g/mol. The number of fused-ring (bicyclic) bond motifs is 2. The van der Waals surface area contributed by atoms with Crippen molar-refractivity contribution < 1.29 is 38.7 Å². The summed E-state index contributed by atoms with van der Waals surface area (Å²) in [5, 5.41) is 28.4. The van der Waals surface area contributed by atoms with Crippen molar-refractivity contribution >= 4 is 34.5 Å². The fourth-order valence-corrected chi connectivity index (χ4v) is 11.6. The van der Waals surface area contributed by atoms with Gasteiger partial charge in [0.15, 0.2) is 0 Å². The number of nitrogens with one attached hydrogen (secondary N) is 1. The van der Waals surface area contributed by atoms with Crippen LogP contribution < -0.4 is 5.32 Å². The molecule has 10 nitrogen and oxygen atoms in total.